The highest BCUT2D eigenvalue weighted by Crippen LogP contribution is 2.48. The van der Waals surface area contributed by atoms with E-state index in [1.807, 2.05) is 13.8 Å². The molecule has 2 aliphatic heterocycles. The molecule has 2 unspecified atom stereocenters. The molecule has 0 aromatic heterocycles. The van der Waals surface area contributed by atoms with Crippen molar-refractivity contribution in [3.8, 4) is 0 Å². The molecule has 5 heteroatoms. The molecule has 1 aliphatic carbocycles. The topological polar surface area (TPSA) is 65.0 Å². The first kappa shape index (κ1) is 15.2. The van der Waals surface area contributed by atoms with Gasteiger partial charge in [0.25, 0.3) is 0 Å². The number of Topliss-reactive ketones (excluding diaryl/α,β-unsaturated/α-hetero) is 1. The van der Waals surface area contributed by atoms with E-state index in [0.29, 0.717) is 25.6 Å². The van der Waals surface area contributed by atoms with Crippen molar-refractivity contribution < 1.29 is 24.1 Å². The van der Waals surface area contributed by atoms with Crippen molar-refractivity contribution in [2.75, 3.05) is 13.2 Å². The smallest absolute Gasteiger partial charge is 0.181 e. The number of aliphatic hydroxyl groups excluding tert-OH is 1. The number of fused-ring (bicyclic) bond motifs is 2. The maximum Gasteiger partial charge on any atom is 0.181 e. The summed E-state index contributed by atoms with van der Waals surface area (Å²) < 4.78 is 17.5. The molecule has 1 saturated carbocycles. The molecule has 0 radical (unpaired) electrons. The fraction of sp³-hybridized carbons (Fsp3) is 0.812. The summed E-state index contributed by atoms with van der Waals surface area (Å²) in [5, 5.41) is 10.2. The van der Waals surface area contributed by atoms with Crippen molar-refractivity contribution in [1.82, 2.24) is 0 Å². The molecule has 0 aromatic carbocycles. The molecule has 3 fully saturated rings. The quantitative estimate of drug-likeness (QED) is 0.781. The van der Waals surface area contributed by atoms with Gasteiger partial charge in [-0.2, -0.15) is 0 Å². The summed E-state index contributed by atoms with van der Waals surface area (Å²) >= 11 is 0. The number of carbonyl (C=O) groups excluding carboxylic acids is 1. The van der Waals surface area contributed by atoms with Crippen LogP contribution in [0.25, 0.3) is 0 Å². The summed E-state index contributed by atoms with van der Waals surface area (Å²) in [4.78, 5) is 12.8. The summed E-state index contributed by atoms with van der Waals surface area (Å²) in [5.74, 6) is -0.963. The number of aliphatic hydroxyl groups is 1. The molecule has 0 aromatic rings. The SMILES string of the molecule is CC(C)=CC(O)C1O[C@H]2C[C@H](C)CC3(OCCO3)[C@H]2C1=O. The largest absolute Gasteiger partial charge is 0.386 e. The first-order valence-corrected chi connectivity index (χ1v) is 7.73. The predicted molar refractivity (Wildman–Crippen MR) is 75.6 cm³/mol. The fourth-order valence-electron chi connectivity index (χ4n) is 3.92. The minimum Gasteiger partial charge on any atom is -0.386 e. The van der Waals surface area contributed by atoms with E-state index in [2.05, 4.69) is 6.92 Å². The maximum atomic E-state index is 12.8. The van der Waals surface area contributed by atoms with E-state index in [1.54, 1.807) is 6.08 Å². The first-order valence-electron chi connectivity index (χ1n) is 7.73. The van der Waals surface area contributed by atoms with Gasteiger partial charge in [-0.15, -0.1) is 0 Å². The lowest BCUT2D eigenvalue weighted by Gasteiger charge is -2.41. The van der Waals surface area contributed by atoms with Gasteiger partial charge in [0.05, 0.1) is 19.3 Å². The lowest BCUT2D eigenvalue weighted by Crippen LogP contribution is -2.52. The van der Waals surface area contributed by atoms with Crippen molar-refractivity contribution >= 4 is 5.78 Å². The molecule has 3 rings (SSSR count). The molecule has 0 amide bonds. The van der Waals surface area contributed by atoms with Crippen molar-refractivity contribution in [3.05, 3.63) is 11.6 Å². The molecule has 21 heavy (non-hydrogen) atoms. The van der Waals surface area contributed by atoms with E-state index in [4.69, 9.17) is 14.2 Å². The summed E-state index contributed by atoms with van der Waals surface area (Å²) in [6, 6.07) is 0. The highest BCUT2D eigenvalue weighted by Gasteiger charge is 2.61. The third kappa shape index (κ3) is 2.57. The lowest BCUT2D eigenvalue weighted by atomic mass is 9.74. The van der Waals surface area contributed by atoms with Crippen LogP contribution in [0.3, 0.4) is 0 Å². The maximum absolute atomic E-state index is 12.8. The minimum absolute atomic E-state index is 0.0844. The Morgan fingerprint density at radius 2 is 2.05 bits per heavy atom. The van der Waals surface area contributed by atoms with E-state index >= 15 is 0 Å². The molecule has 2 saturated heterocycles. The Hall–Kier alpha value is -0.750. The molecule has 3 aliphatic rings. The molecule has 1 spiro atoms. The number of hydrogen-bond acceptors (Lipinski definition) is 5. The number of ketones is 1. The number of ether oxygens (including phenoxy) is 3. The second kappa shape index (κ2) is 5.47. The second-order valence-electron chi connectivity index (χ2n) is 6.76. The van der Waals surface area contributed by atoms with Gasteiger partial charge in [0.15, 0.2) is 11.6 Å². The molecule has 5 atom stereocenters. The molecule has 1 N–H and O–H groups in total. The Morgan fingerprint density at radius 1 is 1.38 bits per heavy atom. The molecule has 118 valence electrons. The molecular formula is C16H24O5. The third-order valence-electron chi connectivity index (χ3n) is 4.61. The Labute approximate surface area is 125 Å². The first-order chi connectivity index (χ1) is 9.93. The molecule has 0 bridgehead atoms. The van der Waals surface area contributed by atoms with Crippen molar-refractivity contribution in [2.45, 2.75) is 57.7 Å². The van der Waals surface area contributed by atoms with Gasteiger partial charge in [0.1, 0.15) is 18.1 Å². The van der Waals surface area contributed by atoms with E-state index in [1.165, 1.54) is 0 Å². The highest BCUT2D eigenvalue weighted by atomic mass is 16.7. The van der Waals surface area contributed by atoms with Crippen LogP contribution in [0.4, 0.5) is 0 Å². The average molecular weight is 296 g/mol. The number of rotatable bonds is 2. The van der Waals surface area contributed by atoms with Gasteiger partial charge in [-0.25, -0.2) is 0 Å². The molecule has 2 heterocycles. The number of carbonyl (C=O) groups is 1. The summed E-state index contributed by atoms with van der Waals surface area (Å²) in [5.41, 5.74) is 0.963. The van der Waals surface area contributed by atoms with Gasteiger partial charge in [-0.05, 0) is 26.2 Å². The Kier molecular flexibility index (Phi) is 3.94. The zero-order chi connectivity index (χ0) is 15.2. The molecular weight excluding hydrogens is 272 g/mol. The zero-order valence-electron chi connectivity index (χ0n) is 12.9. The van der Waals surface area contributed by atoms with Crippen molar-refractivity contribution in [2.24, 2.45) is 11.8 Å². The summed E-state index contributed by atoms with van der Waals surface area (Å²) in [6.07, 6.45) is 1.28. The van der Waals surface area contributed by atoms with Gasteiger partial charge in [0, 0.05) is 6.42 Å². The van der Waals surface area contributed by atoms with Crippen LogP contribution in [0.1, 0.15) is 33.6 Å². The van der Waals surface area contributed by atoms with Crippen LogP contribution in [-0.4, -0.2) is 48.2 Å². The Balaban J connectivity index is 1.86. The van der Waals surface area contributed by atoms with E-state index in [0.717, 1.165) is 12.0 Å². The number of hydrogen-bond donors (Lipinski definition) is 1. The molecule has 5 nitrogen and oxygen atoms in total. The standard InChI is InChI=1S/C16H24O5/c1-9(2)6-11(17)15-14(18)13-12(21-15)7-10(3)8-16(13)19-4-5-20-16/h6,10-13,15,17H,4-5,7-8H2,1-3H3/t10-,11?,12-,13+,15?/m0/s1. The lowest BCUT2D eigenvalue weighted by molar-refractivity contribution is -0.230. The normalized spacial score (nSPS) is 39.3. The fourth-order valence-corrected chi connectivity index (χ4v) is 3.92. The summed E-state index contributed by atoms with van der Waals surface area (Å²) in [7, 11) is 0. The number of allylic oxidation sites excluding steroid dienone is 1. The van der Waals surface area contributed by atoms with E-state index in [9.17, 15) is 9.90 Å². The van der Waals surface area contributed by atoms with Crippen LogP contribution >= 0.6 is 0 Å². The van der Waals surface area contributed by atoms with Crippen LogP contribution < -0.4 is 0 Å². The van der Waals surface area contributed by atoms with Crippen LogP contribution in [0.2, 0.25) is 0 Å². The summed E-state index contributed by atoms with van der Waals surface area (Å²) in [6.45, 7) is 6.94. The van der Waals surface area contributed by atoms with Crippen LogP contribution in [0, 0.1) is 11.8 Å². The minimum atomic E-state index is -0.901. The van der Waals surface area contributed by atoms with Crippen LogP contribution in [-0.2, 0) is 19.0 Å². The van der Waals surface area contributed by atoms with Crippen molar-refractivity contribution in [1.29, 1.82) is 0 Å². The van der Waals surface area contributed by atoms with E-state index < -0.39 is 23.9 Å². The second-order valence-corrected chi connectivity index (χ2v) is 6.76. The zero-order valence-corrected chi connectivity index (χ0v) is 12.9. The van der Waals surface area contributed by atoms with Crippen LogP contribution in [0.5, 0.6) is 0 Å². The monoisotopic (exact) mass is 296 g/mol. The van der Waals surface area contributed by atoms with Gasteiger partial charge in [-0.1, -0.05) is 18.6 Å². The van der Waals surface area contributed by atoms with Gasteiger partial charge < -0.3 is 19.3 Å². The van der Waals surface area contributed by atoms with Gasteiger partial charge in [0.2, 0.25) is 0 Å². The predicted octanol–water partition coefficient (Wildman–Crippen LogP) is 1.44. The Morgan fingerprint density at radius 3 is 2.67 bits per heavy atom. The van der Waals surface area contributed by atoms with Gasteiger partial charge in [-0.3, -0.25) is 4.79 Å². The third-order valence-corrected chi connectivity index (χ3v) is 4.61. The van der Waals surface area contributed by atoms with Crippen molar-refractivity contribution in [3.63, 3.8) is 0 Å². The highest BCUT2D eigenvalue weighted by molar-refractivity contribution is 5.89. The Bertz CT molecular complexity index is 448. The average Bonchev–Trinajstić information content (AvgIpc) is 2.94. The van der Waals surface area contributed by atoms with Gasteiger partial charge >= 0.3 is 0 Å². The van der Waals surface area contributed by atoms with E-state index in [-0.39, 0.29) is 11.9 Å². The van der Waals surface area contributed by atoms with Crippen LogP contribution in [0.15, 0.2) is 11.6 Å².